The van der Waals surface area contributed by atoms with E-state index < -0.39 is 0 Å². The minimum absolute atomic E-state index is 0.231. The molecule has 1 N–H and O–H groups in total. The maximum absolute atomic E-state index is 3.61. The molecule has 1 fully saturated rings. The Kier molecular flexibility index (Phi) is 2.77. The highest BCUT2D eigenvalue weighted by Crippen LogP contribution is 2.36. The molecular weight excluding hydrogens is 246 g/mol. The summed E-state index contributed by atoms with van der Waals surface area (Å²) in [5, 5.41) is 3.61. The lowest BCUT2D eigenvalue weighted by molar-refractivity contribution is 0.289. The SMILES string of the molecule is CC1(c2ccc(Br)s2)CCCCN1. The molecule has 1 aromatic rings. The molecule has 1 atom stereocenters. The Labute approximate surface area is 91.7 Å². The fraction of sp³-hybridized carbons (Fsp3) is 0.600. The van der Waals surface area contributed by atoms with Crippen LogP contribution in [-0.4, -0.2) is 6.54 Å². The Morgan fingerprint density at radius 3 is 2.85 bits per heavy atom. The zero-order valence-corrected chi connectivity index (χ0v) is 10.2. The number of hydrogen-bond donors (Lipinski definition) is 1. The van der Waals surface area contributed by atoms with Crippen LogP contribution in [0.5, 0.6) is 0 Å². The van der Waals surface area contributed by atoms with Crippen LogP contribution in [0.1, 0.15) is 31.1 Å². The summed E-state index contributed by atoms with van der Waals surface area (Å²) in [6.07, 6.45) is 3.93. The van der Waals surface area contributed by atoms with Crippen molar-refractivity contribution in [2.75, 3.05) is 6.54 Å². The molecule has 0 radical (unpaired) electrons. The van der Waals surface area contributed by atoms with Gasteiger partial charge in [0.05, 0.1) is 9.33 Å². The highest BCUT2D eigenvalue weighted by atomic mass is 79.9. The molecule has 0 amide bonds. The zero-order valence-electron chi connectivity index (χ0n) is 7.77. The van der Waals surface area contributed by atoms with E-state index in [-0.39, 0.29) is 5.54 Å². The lowest BCUT2D eigenvalue weighted by Crippen LogP contribution is -2.42. The van der Waals surface area contributed by atoms with Crippen molar-refractivity contribution in [3.8, 4) is 0 Å². The largest absolute Gasteiger partial charge is 0.307 e. The molecule has 0 aliphatic carbocycles. The average molecular weight is 260 g/mol. The molecule has 13 heavy (non-hydrogen) atoms. The Balaban J connectivity index is 2.22. The van der Waals surface area contributed by atoms with E-state index in [1.54, 1.807) is 0 Å². The van der Waals surface area contributed by atoms with Crippen molar-refractivity contribution in [2.45, 2.75) is 31.7 Å². The highest BCUT2D eigenvalue weighted by molar-refractivity contribution is 9.11. The molecule has 2 heterocycles. The third-order valence-electron chi connectivity index (χ3n) is 2.74. The molecule has 0 spiro atoms. The van der Waals surface area contributed by atoms with Gasteiger partial charge in [-0.1, -0.05) is 0 Å². The minimum Gasteiger partial charge on any atom is -0.307 e. The molecular formula is C10H14BrNS. The normalized spacial score (nSPS) is 29.1. The van der Waals surface area contributed by atoms with Crippen LogP contribution in [0.4, 0.5) is 0 Å². The van der Waals surface area contributed by atoms with Crippen molar-refractivity contribution in [1.29, 1.82) is 0 Å². The first-order chi connectivity index (χ1) is 6.21. The maximum atomic E-state index is 3.61. The van der Waals surface area contributed by atoms with Gasteiger partial charge in [-0.2, -0.15) is 0 Å². The van der Waals surface area contributed by atoms with Gasteiger partial charge in [0, 0.05) is 4.88 Å². The van der Waals surface area contributed by atoms with Gasteiger partial charge in [-0.15, -0.1) is 11.3 Å². The van der Waals surface area contributed by atoms with Crippen LogP contribution in [0.2, 0.25) is 0 Å². The first-order valence-electron chi connectivity index (χ1n) is 4.72. The van der Waals surface area contributed by atoms with E-state index in [9.17, 15) is 0 Å². The Morgan fingerprint density at radius 2 is 2.31 bits per heavy atom. The van der Waals surface area contributed by atoms with Gasteiger partial charge in [0.15, 0.2) is 0 Å². The highest BCUT2D eigenvalue weighted by Gasteiger charge is 2.29. The van der Waals surface area contributed by atoms with Crippen LogP contribution in [0.15, 0.2) is 15.9 Å². The molecule has 1 aliphatic heterocycles. The topological polar surface area (TPSA) is 12.0 Å². The van der Waals surface area contributed by atoms with Gasteiger partial charge in [0.2, 0.25) is 0 Å². The number of rotatable bonds is 1. The van der Waals surface area contributed by atoms with Gasteiger partial charge in [0.1, 0.15) is 0 Å². The van der Waals surface area contributed by atoms with Crippen molar-refractivity contribution < 1.29 is 0 Å². The van der Waals surface area contributed by atoms with Crippen molar-refractivity contribution >= 4 is 27.3 Å². The first-order valence-corrected chi connectivity index (χ1v) is 6.32. The Morgan fingerprint density at radius 1 is 1.46 bits per heavy atom. The second-order valence-electron chi connectivity index (χ2n) is 3.82. The number of halogens is 1. The zero-order chi connectivity index (χ0) is 9.31. The summed E-state index contributed by atoms with van der Waals surface area (Å²) >= 11 is 5.36. The summed E-state index contributed by atoms with van der Waals surface area (Å²) in [4.78, 5) is 1.46. The van der Waals surface area contributed by atoms with Crippen LogP contribution in [-0.2, 0) is 5.54 Å². The van der Waals surface area contributed by atoms with Crippen LogP contribution in [0, 0.1) is 0 Å². The molecule has 3 heteroatoms. The molecule has 72 valence electrons. The number of piperidine rings is 1. The molecule has 1 saturated heterocycles. The van der Waals surface area contributed by atoms with Crippen molar-refractivity contribution in [1.82, 2.24) is 5.32 Å². The van der Waals surface area contributed by atoms with E-state index in [2.05, 4.69) is 40.3 Å². The maximum Gasteiger partial charge on any atom is 0.0702 e. The standard InChI is InChI=1S/C10H14BrNS/c1-10(6-2-3-7-12-10)8-4-5-9(11)13-8/h4-5,12H,2-3,6-7H2,1H3. The molecule has 1 aliphatic rings. The predicted octanol–water partition coefficient (Wildman–Crippen LogP) is 3.50. The van der Waals surface area contributed by atoms with Crippen molar-refractivity contribution in [2.24, 2.45) is 0 Å². The minimum atomic E-state index is 0.231. The van der Waals surface area contributed by atoms with Crippen LogP contribution in [0.3, 0.4) is 0 Å². The van der Waals surface area contributed by atoms with Crippen molar-refractivity contribution in [3.63, 3.8) is 0 Å². The van der Waals surface area contributed by atoms with E-state index in [1.165, 1.54) is 27.9 Å². The van der Waals surface area contributed by atoms with Gasteiger partial charge < -0.3 is 5.32 Å². The Hall–Kier alpha value is 0.140. The smallest absolute Gasteiger partial charge is 0.0702 e. The van der Waals surface area contributed by atoms with Crippen molar-refractivity contribution in [3.05, 3.63) is 20.8 Å². The van der Waals surface area contributed by atoms with Gasteiger partial charge >= 0.3 is 0 Å². The third-order valence-corrected chi connectivity index (χ3v) is 4.62. The van der Waals surface area contributed by atoms with Crippen LogP contribution < -0.4 is 5.32 Å². The van der Waals surface area contributed by atoms with Crippen LogP contribution in [0.25, 0.3) is 0 Å². The summed E-state index contributed by atoms with van der Waals surface area (Å²) in [6, 6.07) is 4.37. The fourth-order valence-corrected chi connectivity index (χ4v) is 3.41. The Bertz CT molecular complexity index is 289. The summed E-state index contributed by atoms with van der Waals surface area (Å²) in [5.41, 5.74) is 0.231. The van der Waals surface area contributed by atoms with Crippen LogP contribution >= 0.6 is 27.3 Å². The summed E-state index contributed by atoms with van der Waals surface area (Å²) < 4.78 is 1.23. The predicted molar refractivity (Wildman–Crippen MR) is 61.2 cm³/mol. The average Bonchev–Trinajstić information content (AvgIpc) is 2.54. The summed E-state index contributed by atoms with van der Waals surface area (Å²) in [6.45, 7) is 3.47. The van der Waals surface area contributed by atoms with Gasteiger partial charge in [-0.05, 0) is 60.8 Å². The second-order valence-corrected chi connectivity index (χ2v) is 6.28. The first kappa shape index (κ1) is 9.69. The number of nitrogens with one attached hydrogen (secondary N) is 1. The van der Waals surface area contributed by atoms with Gasteiger partial charge in [-0.25, -0.2) is 0 Å². The number of hydrogen-bond acceptors (Lipinski definition) is 2. The molecule has 2 rings (SSSR count). The second kappa shape index (κ2) is 3.71. The lowest BCUT2D eigenvalue weighted by Gasteiger charge is -2.34. The monoisotopic (exact) mass is 259 g/mol. The van der Waals surface area contributed by atoms with E-state index in [4.69, 9.17) is 0 Å². The molecule has 1 nitrogen and oxygen atoms in total. The van der Waals surface area contributed by atoms with Gasteiger partial charge in [-0.3, -0.25) is 0 Å². The number of thiophene rings is 1. The summed E-state index contributed by atoms with van der Waals surface area (Å²) in [7, 11) is 0. The third kappa shape index (κ3) is 1.97. The molecule has 0 saturated carbocycles. The molecule has 0 bridgehead atoms. The summed E-state index contributed by atoms with van der Waals surface area (Å²) in [5.74, 6) is 0. The quantitative estimate of drug-likeness (QED) is 0.814. The van der Waals surface area contributed by atoms with Gasteiger partial charge in [0.25, 0.3) is 0 Å². The van der Waals surface area contributed by atoms with E-state index in [0.717, 1.165) is 6.54 Å². The van der Waals surface area contributed by atoms with E-state index in [1.807, 2.05) is 11.3 Å². The molecule has 0 aromatic carbocycles. The fourth-order valence-electron chi connectivity index (χ4n) is 1.88. The van der Waals surface area contributed by atoms with E-state index in [0.29, 0.717) is 0 Å². The molecule has 1 unspecified atom stereocenters. The lowest BCUT2D eigenvalue weighted by atomic mass is 9.89. The van der Waals surface area contributed by atoms with E-state index >= 15 is 0 Å². The molecule has 1 aromatic heterocycles.